The van der Waals surface area contributed by atoms with E-state index in [9.17, 15) is 4.39 Å². The first-order valence-corrected chi connectivity index (χ1v) is 6.06. The van der Waals surface area contributed by atoms with Crippen LogP contribution < -0.4 is 10.5 Å². The molecule has 0 unspecified atom stereocenters. The zero-order chi connectivity index (χ0) is 13.7. The van der Waals surface area contributed by atoms with Crippen molar-refractivity contribution < 1.29 is 14.2 Å². The van der Waals surface area contributed by atoms with Crippen molar-refractivity contribution >= 4 is 5.69 Å². The van der Waals surface area contributed by atoms with Gasteiger partial charge in [-0.3, -0.25) is 0 Å². The summed E-state index contributed by atoms with van der Waals surface area (Å²) < 4.78 is 18.6. The molecule has 2 rings (SSSR count). The summed E-state index contributed by atoms with van der Waals surface area (Å²) in [5.74, 6) is 0.349. The Morgan fingerprint density at radius 2 is 1.89 bits per heavy atom. The molecule has 0 aromatic heterocycles. The van der Waals surface area contributed by atoms with Gasteiger partial charge in [0.05, 0.1) is 0 Å². The minimum atomic E-state index is -0.359. The summed E-state index contributed by atoms with van der Waals surface area (Å²) in [7, 11) is 0. The second-order valence-corrected chi connectivity index (χ2v) is 4.21. The van der Waals surface area contributed by atoms with E-state index in [4.69, 9.17) is 15.6 Å². The van der Waals surface area contributed by atoms with Gasteiger partial charge in [-0.1, -0.05) is 24.3 Å². The Labute approximate surface area is 111 Å². The third kappa shape index (κ3) is 3.45. The topological polar surface area (TPSA) is 55.5 Å². The van der Waals surface area contributed by atoms with Gasteiger partial charge in [0.1, 0.15) is 18.2 Å². The van der Waals surface area contributed by atoms with Gasteiger partial charge in [0.15, 0.2) is 0 Å². The van der Waals surface area contributed by atoms with Crippen molar-refractivity contribution in [3.05, 3.63) is 59.4 Å². The van der Waals surface area contributed by atoms with Crippen LogP contribution in [0.3, 0.4) is 0 Å². The van der Waals surface area contributed by atoms with Crippen LogP contribution in [0, 0.1) is 5.82 Å². The number of anilines is 1. The average Bonchev–Trinajstić information content (AvgIpc) is 2.40. The van der Waals surface area contributed by atoms with Gasteiger partial charge < -0.3 is 15.6 Å². The molecule has 3 nitrogen and oxygen atoms in total. The van der Waals surface area contributed by atoms with Crippen molar-refractivity contribution in [2.45, 2.75) is 13.0 Å². The number of benzene rings is 2. The molecule has 0 atom stereocenters. The fourth-order valence-corrected chi connectivity index (χ4v) is 1.82. The average molecular weight is 261 g/mol. The summed E-state index contributed by atoms with van der Waals surface area (Å²) in [6.07, 6.45) is 0.537. The summed E-state index contributed by atoms with van der Waals surface area (Å²) in [6, 6.07) is 11.7. The summed E-state index contributed by atoms with van der Waals surface area (Å²) >= 11 is 0. The van der Waals surface area contributed by atoms with Crippen LogP contribution >= 0.6 is 0 Å². The van der Waals surface area contributed by atoms with E-state index in [0.717, 1.165) is 11.1 Å². The maximum Gasteiger partial charge on any atom is 0.125 e. The van der Waals surface area contributed by atoms with E-state index < -0.39 is 0 Å². The van der Waals surface area contributed by atoms with Gasteiger partial charge >= 0.3 is 0 Å². The molecule has 0 bridgehead atoms. The van der Waals surface area contributed by atoms with Crippen molar-refractivity contribution in [3.63, 3.8) is 0 Å². The summed E-state index contributed by atoms with van der Waals surface area (Å²) in [5, 5.41) is 8.99. The molecule has 0 radical (unpaired) electrons. The van der Waals surface area contributed by atoms with Crippen molar-refractivity contribution in [3.8, 4) is 5.75 Å². The van der Waals surface area contributed by atoms with Crippen LogP contribution in [-0.2, 0) is 13.0 Å². The van der Waals surface area contributed by atoms with E-state index in [0.29, 0.717) is 17.9 Å². The first-order chi connectivity index (χ1) is 9.20. The Morgan fingerprint density at radius 1 is 1.11 bits per heavy atom. The molecule has 0 fully saturated rings. The largest absolute Gasteiger partial charge is 0.489 e. The Kier molecular flexibility index (Phi) is 4.36. The number of nitrogens with two attached hydrogens (primary N) is 1. The minimum absolute atomic E-state index is 0.0685. The molecular formula is C15H16FNO2. The maximum atomic E-state index is 12.9. The maximum absolute atomic E-state index is 12.9. The molecule has 0 amide bonds. The Morgan fingerprint density at radius 3 is 2.63 bits per heavy atom. The highest BCUT2D eigenvalue weighted by Gasteiger charge is 2.05. The molecule has 0 spiro atoms. The number of rotatable bonds is 5. The third-order valence-corrected chi connectivity index (χ3v) is 2.84. The molecule has 0 aliphatic heterocycles. The second-order valence-electron chi connectivity index (χ2n) is 4.21. The molecule has 0 saturated heterocycles. The van der Waals surface area contributed by atoms with Gasteiger partial charge in [-0.2, -0.15) is 0 Å². The van der Waals surface area contributed by atoms with Gasteiger partial charge in [-0.25, -0.2) is 4.39 Å². The fourth-order valence-electron chi connectivity index (χ4n) is 1.82. The van der Waals surface area contributed by atoms with E-state index in [1.807, 2.05) is 24.3 Å². The van der Waals surface area contributed by atoms with Gasteiger partial charge in [-0.05, 0) is 30.2 Å². The van der Waals surface area contributed by atoms with E-state index in [1.165, 1.54) is 12.1 Å². The smallest absolute Gasteiger partial charge is 0.125 e. The molecule has 2 aromatic rings. The van der Waals surface area contributed by atoms with Crippen LogP contribution in [0.5, 0.6) is 5.75 Å². The number of aliphatic hydroxyl groups is 1. The Bertz CT molecular complexity index is 558. The van der Waals surface area contributed by atoms with Crippen molar-refractivity contribution in [2.24, 2.45) is 0 Å². The molecule has 0 saturated carbocycles. The van der Waals surface area contributed by atoms with Gasteiger partial charge in [0.2, 0.25) is 0 Å². The lowest BCUT2D eigenvalue weighted by Gasteiger charge is -2.12. The Balaban J connectivity index is 2.10. The number of ether oxygens (including phenoxy) is 1. The number of halogens is 1. The SMILES string of the molecule is Nc1cc(F)ccc1COc1ccccc1CCO. The van der Waals surface area contributed by atoms with Gasteiger partial charge in [0, 0.05) is 17.9 Å². The summed E-state index contributed by atoms with van der Waals surface area (Å²) in [5.41, 5.74) is 7.77. The van der Waals surface area contributed by atoms with Gasteiger partial charge in [-0.15, -0.1) is 0 Å². The summed E-state index contributed by atoms with van der Waals surface area (Å²) in [6.45, 7) is 0.341. The van der Waals surface area contributed by atoms with E-state index in [1.54, 1.807) is 6.07 Å². The molecular weight excluding hydrogens is 245 g/mol. The number of hydrogen-bond acceptors (Lipinski definition) is 3. The molecule has 100 valence electrons. The van der Waals surface area contributed by atoms with Crippen LogP contribution in [-0.4, -0.2) is 11.7 Å². The van der Waals surface area contributed by atoms with E-state index in [2.05, 4.69) is 0 Å². The third-order valence-electron chi connectivity index (χ3n) is 2.84. The van der Waals surface area contributed by atoms with Crippen LogP contribution in [0.25, 0.3) is 0 Å². The molecule has 2 aromatic carbocycles. The number of hydrogen-bond donors (Lipinski definition) is 2. The zero-order valence-corrected chi connectivity index (χ0v) is 10.5. The van der Waals surface area contributed by atoms with E-state index in [-0.39, 0.29) is 19.0 Å². The number of para-hydroxylation sites is 1. The highest BCUT2D eigenvalue weighted by molar-refractivity contribution is 5.46. The lowest BCUT2D eigenvalue weighted by Crippen LogP contribution is -2.03. The lowest BCUT2D eigenvalue weighted by atomic mass is 10.1. The molecule has 4 heteroatoms. The standard InChI is InChI=1S/C15H16FNO2/c16-13-6-5-12(14(17)9-13)10-19-15-4-2-1-3-11(15)7-8-18/h1-6,9,18H,7-8,10,17H2. The predicted octanol–water partition coefficient (Wildman–Crippen LogP) is 2.52. The molecule has 0 aliphatic carbocycles. The zero-order valence-electron chi connectivity index (χ0n) is 10.5. The molecule has 3 N–H and O–H groups in total. The van der Waals surface area contributed by atoms with E-state index >= 15 is 0 Å². The van der Waals surface area contributed by atoms with Crippen molar-refractivity contribution in [1.29, 1.82) is 0 Å². The fraction of sp³-hybridized carbons (Fsp3) is 0.200. The lowest BCUT2D eigenvalue weighted by molar-refractivity contribution is 0.284. The molecule has 19 heavy (non-hydrogen) atoms. The first-order valence-electron chi connectivity index (χ1n) is 6.06. The normalized spacial score (nSPS) is 10.4. The Hall–Kier alpha value is -2.07. The van der Waals surface area contributed by atoms with Crippen LogP contribution in [0.2, 0.25) is 0 Å². The monoisotopic (exact) mass is 261 g/mol. The highest BCUT2D eigenvalue weighted by atomic mass is 19.1. The van der Waals surface area contributed by atoms with Crippen LogP contribution in [0.4, 0.5) is 10.1 Å². The quantitative estimate of drug-likeness (QED) is 0.813. The second kappa shape index (κ2) is 6.20. The van der Waals surface area contributed by atoms with Crippen molar-refractivity contribution in [1.82, 2.24) is 0 Å². The minimum Gasteiger partial charge on any atom is -0.489 e. The summed E-state index contributed by atoms with van der Waals surface area (Å²) in [4.78, 5) is 0. The van der Waals surface area contributed by atoms with Crippen LogP contribution in [0.1, 0.15) is 11.1 Å². The molecule has 0 aliphatic rings. The first kappa shape index (κ1) is 13.4. The number of nitrogen functional groups attached to an aromatic ring is 1. The number of aliphatic hydroxyl groups excluding tert-OH is 1. The highest BCUT2D eigenvalue weighted by Crippen LogP contribution is 2.21. The van der Waals surface area contributed by atoms with Gasteiger partial charge in [0.25, 0.3) is 0 Å². The van der Waals surface area contributed by atoms with Crippen LogP contribution in [0.15, 0.2) is 42.5 Å². The molecule has 0 heterocycles. The van der Waals surface area contributed by atoms with Crippen molar-refractivity contribution in [2.75, 3.05) is 12.3 Å². The predicted molar refractivity (Wildman–Crippen MR) is 72.4 cm³/mol.